The van der Waals surface area contributed by atoms with Gasteiger partial charge in [-0.1, -0.05) is 57.2 Å². The lowest BCUT2D eigenvalue weighted by atomic mass is 10.0. The number of amides is 2. The summed E-state index contributed by atoms with van der Waals surface area (Å²) in [5, 5.41) is 15.1. The van der Waals surface area contributed by atoms with Crippen LogP contribution < -0.4 is 10.6 Å². The van der Waals surface area contributed by atoms with Crippen LogP contribution in [0.1, 0.15) is 61.0 Å². The van der Waals surface area contributed by atoms with Crippen LogP contribution in [0.5, 0.6) is 0 Å². The molecule has 140 valence electrons. The third kappa shape index (κ3) is 5.36. The number of rotatable bonds is 7. The van der Waals surface area contributed by atoms with Crippen molar-refractivity contribution >= 4 is 28.3 Å². The molecule has 0 bridgehead atoms. The van der Waals surface area contributed by atoms with E-state index in [1.807, 2.05) is 52.8 Å². The topological polar surface area (TPSA) is 84.0 Å². The van der Waals surface area contributed by atoms with Crippen LogP contribution >= 0.6 is 11.3 Å². The Balaban J connectivity index is 2.11. The first-order valence-electron chi connectivity index (χ1n) is 8.78. The minimum Gasteiger partial charge on any atom is -0.340 e. The SMILES string of the molecule is Cc1ccccc1C(=O)NC(CC(C)C)C(=O)Nc1nnc(C(C)C)s1. The van der Waals surface area contributed by atoms with Gasteiger partial charge in [-0.05, 0) is 30.9 Å². The van der Waals surface area contributed by atoms with E-state index in [-0.39, 0.29) is 23.7 Å². The Morgan fingerprint density at radius 1 is 1.12 bits per heavy atom. The van der Waals surface area contributed by atoms with Crippen molar-refractivity contribution in [2.75, 3.05) is 5.32 Å². The van der Waals surface area contributed by atoms with E-state index in [0.29, 0.717) is 17.1 Å². The van der Waals surface area contributed by atoms with Gasteiger partial charge < -0.3 is 5.32 Å². The number of aromatic nitrogens is 2. The predicted octanol–water partition coefficient (Wildman–Crippen LogP) is 3.75. The van der Waals surface area contributed by atoms with Gasteiger partial charge in [0.15, 0.2) is 0 Å². The number of carbonyl (C=O) groups excluding carboxylic acids is 2. The van der Waals surface area contributed by atoms with E-state index in [0.717, 1.165) is 10.6 Å². The lowest BCUT2D eigenvalue weighted by Gasteiger charge is -2.20. The van der Waals surface area contributed by atoms with E-state index in [4.69, 9.17) is 0 Å². The first-order chi connectivity index (χ1) is 12.3. The summed E-state index contributed by atoms with van der Waals surface area (Å²) in [6.07, 6.45) is 0.541. The van der Waals surface area contributed by atoms with Gasteiger partial charge in [-0.25, -0.2) is 0 Å². The number of carbonyl (C=O) groups is 2. The summed E-state index contributed by atoms with van der Waals surface area (Å²) in [4.78, 5) is 25.3. The lowest BCUT2D eigenvalue weighted by molar-refractivity contribution is -0.118. The van der Waals surface area contributed by atoms with Crippen LogP contribution in [0.2, 0.25) is 0 Å². The standard InChI is InChI=1S/C19H26N4O2S/c1-11(2)10-15(20-16(24)14-9-7-6-8-13(14)5)17(25)21-19-23-22-18(26-19)12(3)4/h6-9,11-12,15H,10H2,1-5H3,(H,20,24)(H,21,23,25). The lowest BCUT2D eigenvalue weighted by Crippen LogP contribution is -2.44. The maximum absolute atomic E-state index is 12.7. The fourth-order valence-corrected chi connectivity index (χ4v) is 3.23. The van der Waals surface area contributed by atoms with Crippen molar-refractivity contribution < 1.29 is 9.59 Å². The first kappa shape index (κ1) is 20.0. The maximum Gasteiger partial charge on any atom is 0.252 e. The maximum atomic E-state index is 12.7. The van der Waals surface area contributed by atoms with Gasteiger partial charge in [-0.2, -0.15) is 0 Å². The molecule has 1 aromatic carbocycles. The zero-order valence-corrected chi connectivity index (χ0v) is 16.7. The Morgan fingerprint density at radius 3 is 2.38 bits per heavy atom. The highest BCUT2D eigenvalue weighted by Crippen LogP contribution is 2.22. The third-order valence-electron chi connectivity index (χ3n) is 3.88. The van der Waals surface area contributed by atoms with Gasteiger partial charge in [0, 0.05) is 11.5 Å². The molecule has 1 heterocycles. The molecule has 2 N–H and O–H groups in total. The molecule has 0 aliphatic rings. The van der Waals surface area contributed by atoms with Crippen molar-refractivity contribution in [3.8, 4) is 0 Å². The molecule has 0 radical (unpaired) electrons. The number of hydrogen-bond acceptors (Lipinski definition) is 5. The van der Waals surface area contributed by atoms with E-state index in [1.54, 1.807) is 6.07 Å². The van der Waals surface area contributed by atoms with Crippen molar-refractivity contribution in [2.24, 2.45) is 5.92 Å². The summed E-state index contributed by atoms with van der Waals surface area (Å²) >= 11 is 1.36. The number of nitrogens with one attached hydrogen (secondary N) is 2. The van der Waals surface area contributed by atoms with E-state index in [1.165, 1.54) is 11.3 Å². The molecule has 0 saturated heterocycles. The predicted molar refractivity (Wildman–Crippen MR) is 105 cm³/mol. The van der Waals surface area contributed by atoms with Crippen LogP contribution in [0.15, 0.2) is 24.3 Å². The fourth-order valence-electron chi connectivity index (χ4n) is 2.48. The summed E-state index contributed by atoms with van der Waals surface area (Å²) in [5.74, 6) is -0.00920. The largest absolute Gasteiger partial charge is 0.340 e. The number of benzene rings is 1. The van der Waals surface area contributed by atoms with Gasteiger partial charge >= 0.3 is 0 Å². The molecule has 7 heteroatoms. The Hall–Kier alpha value is -2.28. The zero-order valence-electron chi connectivity index (χ0n) is 15.9. The number of anilines is 1. The quantitative estimate of drug-likeness (QED) is 0.773. The van der Waals surface area contributed by atoms with Crippen LogP contribution in [0.4, 0.5) is 5.13 Å². The van der Waals surface area contributed by atoms with Crippen LogP contribution in [0, 0.1) is 12.8 Å². The van der Waals surface area contributed by atoms with Crippen molar-refractivity contribution in [3.05, 3.63) is 40.4 Å². The molecule has 0 aliphatic carbocycles. The van der Waals surface area contributed by atoms with Crippen LogP contribution in [-0.2, 0) is 4.79 Å². The van der Waals surface area contributed by atoms with Crippen LogP contribution in [-0.4, -0.2) is 28.1 Å². The third-order valence-corrected chi connectivity index (χ3v) is 5.02. The summed E-state index contributed by atoms with van der Waals surface area (Å²) < 4.78 is 0. The second-order valence-corrected chi connectivity index (χ2v) is 8.07. The van der Waals surface area contributed by atoms with E-state index < -0.39 is 6.04 Å². The summed E-state index contributed by atoms with van der Waals surface area (Å²) in [5.41, 5.74) is 1.45. The summed E-state index contributed by atoms with van der Waals surface area (Å²) in [6.45, 7) is 9.96. The van der Waals surface area contributed by atoms with Crippen molar-refractivity contribution in [1.29, 1.82) is 0 Å². The first-order valence-corrected chi connectivity index (χ1v) is 9.60. The molecule has 0 saturated carbocycles. The van der Waals surface area contributed by atoms with Gasteiger partial charge in [0.05, 0.1) is 0 Å². The average molecular weight is 375 g/mol. The highest BCUT2D eigenvalue weighted by Gasteiger charge is 2.24. The van der Waals surface area contributed by atoms with Crippen LogP contribution in [0.3, 0.4) is 0 Å². The number of hydrogen-bond donors (Lipinski definition) is 2. The summed E-state index contributed by atoms with van der Waals surface area (Å²) in [6, 6.07) is 6.70. The van der Waals surface area contributed by atoms with Gasteiger partial charge in [0.25, 0.3) is 5.91 Å². The second kappa shape index (κ2) is 8.89. The minimum atomic E-state index is -0.631. The molecule has 0 spiro atoms. The molecule has 26 heavy (non-hydrogen) atoms. The molecular weight excluding hydrogens is 348 g/mol. The smallest absolute Gasteiger partial charge is 0.252 e. The van der Waals surface area contributed by atoms with Crippen molar-refractivity contribution in [1.82, 2.24) is 15.5 Å². The summed E-state index contributed by atoms with van der Waals surface area (Å²) in [7, 11) is 0. The fraction of sp³-hybridized carbons (Fsp3) is 0.474. The molecule has 2 rings (SSSR count). The van der Waals surface area contributed by atoms with Gasteiger partial charge in [0.2, 0.25) is 11.0 Å². The molecule has 0 fully saturated rings. The van der Waals surface area contributed by atoms with Gasteiger partial charge in [-0.15, -0.1) is 10.2 Å². The van der Waals surface area contributed by atoms with E-state index in [9.17, 15) is 9.59 Å². The Kier molecular flexibility index (Phi) is 6.85. The number of nitrogens with zero attached hydrogens (tertiary/aromatic N) is 2. The van der Waals surface area contributed by atoms with Gasteiger partial charge in [-0.3, -0.25) is 14.9 Å². The minimum absolute atomic E-state index is 0.246. The molecule has 2 amide bonds. The van der Waals surface area contributed by atoms with Gasteiger partial charge in [0.1, 0.15) is 11.0 Å². The molecule has 6 nitrogen and oxygen atoms in total. The normalized spacial score (nSPS) is 12.3. The monoisotopic (exact) mass is 374 g/mol. The average Bonchev–Trinajstić information content (AvgIpc) is 3.03. The molecule has 1 unspecified atom stereocenters. The van der Waals surface area contributed by atoms with Crippen LogP contribution in [0.25, 0.3) is 0 Å². The van der Waals surface area contributed by atoms with E-state index >= 15 is 0 Å². The molecule has 2 aromatic rings. The molecule has 1 aromatic heterocycles. The van der Waals surface area contributed by atoms with E-state index in [2.05, 4.69) is 20.8 Å². The Labute approximate surface area is 158 Å². The molecule has 0 aliphatic heterocycles. The van der Waals surface area contributed by atoms with Crippen molar-refractivity contribution in [3.63, 3.8) is 0 Å². The Bertz CT molecular complexity index is 770. The molecular formula is C19H26N4O2S. The highest BCUT2D eigenvalue weighted by atomic mass is 32.1. The Morgan fingerprint density at radius 2 is 1.81 bits per heavy atom. The zero-order chi connectivity index (χ0) is 19.3. The highest BCUT2D eigenvalue weighted by molar-refractivity contribution is 7.15. The second-order valence-electron chi connectivity index (χ2n) is 7.06. The molecule has 1 atom stereocenters. The van der Waals surface area contributed by atoms with Crippen molar-refractivity contribution in [2.45, 2.75) is 53.0 Å². The number of aryl methyl sites for hydroxylation is 1.